The van der Waals surface area contributed by atoms with Gasteiger partial charge >= 0.3 is 5.69 Å². The zero-order valence-electron chi connectivity index (χ0n) is 9.50. The van der Waals surface area contributed by atoms with Crippen molar-refractivity contribution in [2.75, 3.05) is 31.7 Å². The summed E-state index contributed by atoms with van der Waals surface area (Å²) in [6.45, 7) is 2.62. The Bertz CT molecular complexity index is 493. The highest BCUT2D eigenvalue weighted by Gasteiger charge is 2.17. The van der Waals surface area contributed by atoms with E-state index in [1.165, 1.54) is 12.1 Å². The molecule has 0 spiro atoms. The molecule has 1 aromatic heterocycles. The lowest BCUT2D eigenvalue weighted by Crippen LogP contribution is -2.40. The van der Waals surface area contributed by atoms with E-state index in [-0.39, 0.29) is 11.4 Å². The molecule has 0 atom stereocenters. The van der Waals surface area contributed by atoms with Gasteiger partial charge in [0.25, 0.3) is 0 Å². The second-order valence-corrected chi connectivity index (χ2v) is 3.64. The van der Waals surface area contributed by atoms with Crippen molar-refractivity contribution >= 4 is 11.5 Å². The van der Waals surface area contributed by atoms with E-state index < -0.39 is 4.92 Å². The largest absolute Gasteiger partial charge is 0.379 e. The first kappa shape index (κ1) is 12.2. The highest BCUT2D eigenvalue weighted by Crippen LogP contribution is 2.18. The molecule has 2 heterocycles. The molecule has 0 aliphatic carbocycles. The van der Waals surface area contributed by atoms with E-state index in [0.717, 1.165) is 0 Å². The van der Waals surface area contributed by atoms with Crippen molar-refractivity contribution in [2.24, 2.45) is 0 Å². The first-order valence-electron chi connectivity index (χ1n) is 5.35. The van der Waals surface area contributed by atoms with Gasteiger partial charge in [0.2, 0.25) is 5.69 Å². The Morgan fingerprint density at radius 1 is 1.50 bits per heavy atom. The van der Waals surface area contributed by atoms with Crippen LogP contribution in [0.3, 0.4) is 0 Å². The average molecular weight is 249 g/mol. The van der Waals surface area contributed by atoms with Crippen LogP contribution in [0.5, 0.6) is 0 Å². The first-order valence-corrected chi connectivity index (χ1v) is 5.35. The number of nitro groups is 1. The molecule has 8 heteroatoms. The molecular formula is C10H11N5O3. The van der Waals surface area contributed by atoms with Crippen LogP contribution in [0.4, 0.5) is 11.5 Å². The maximum Gasteiger partial charge on any atom is 0.305 e. The number of rotatable bonds is 3. The van der Waals surface area contributed by atoms with Crippen LogP contribution in [0.25, 0.3) is 0 Å². The number of hydrazine groups is 1. The number of aromatic nitrogens is 1. The Kier molecular flexibility index (Phi) is 3.66. The van der Waals surface area contributed by atoms with E-state index >= 15 is 0 Å². The van der Waals surface area contributed by atoms with E-state index in [4.69, 9.17) is 10.00 Å². The van der Waals surface area contributed by atoms with Gasteiger partial charge < -0.3 is 10.2 Å². The SMILES string of the molecule is N#Cc1nc(NN2CCOCC2)ccc1[N+](=O)[O-]. The highest BCUT2D eigenvalue weighted by atomic mass is 16.6. The first-order chi connectivity index (χ1) is 8.70. The van der Waals surface area contributed by atoms with Crippen LogP contribution >= 0.6 is 0 Å². The van der Waals surface area contributed by atoms with Crippen LogP contribution < -0.4 is 5.43 Å². The normalized spacial score (nSPS) is 15.9. The number of pyridine rings is 1. The summed E-state index contributed by atoms with van der Waals surface area (Å²) in [6.07, 6.45) is 0. The molecule has 1 aromatic rings. The van der Waals surface area contributed by atoms with Crippen molar-refractivity contribution in [1.82, 2.24) is 9.99 Å². The Balaban J connectivity index is 2.14. The second-order valence-electron chi connectivity index (χ2n) is 3.64. The van der Waals surface area contributed by atoms with Gasteiger partial charge in [0.05, 0.1) is 18.1 Å². The molecule has 0 bridgehead atoms. The molecular weight excluding hydrogens is 238 g/mol. The molecule has 8 nitrogen and oxygen atoms in total. The zero-order valence-corrected chi connectivity index (χ0v) is 9.50. The van der Waals surface area contributed by atoms with Crippen LogP contribution in [0.15, 0.2) is 12.1 Å². The van der Waals surface area contributed by atoms with Crippen molar-refractivity contribution in [3.05, 3.63) is 27.9 Å². The second kappa shape index (κ2) is 5.39. The topological polar surface area (TPSA) is 104 Å². The van der Waals surface area contributed by atoms with Crippen molar-refractivity contribution in [3.63, 3.8) is 0 Å². The summed E-state index contributed by atoms with van der Waals surface area (Å²) in [4.78, 5) is 13.9. The van der Waals surface area contributed by atoms with Gasteiger partial charge in [-0.3, -0.25) is 10.1 Å². The third-order valence-corrected chi connectivity index (χ3v) is 2.46. The Hall–Kier alpha value is -2.24. The number of hydrogen-bond acceptors (Lipinski definition) is 7. The fourth-order valence-corrected chi connectivity index (χ4v) is 1.58. The number of nitriles is 1. The van der Waals surface area contributed by atoms with Gasteiger partial charge in [-0.15, -0.1) is 0 Å². The fourth-order valence-electron chi connectivity index (χ4n) is 1.58. The molecule has 2 rings (SSSR count). The lowest BCUT2D eigenvalue weighted by atomic mass is 10.3. The van der Waals surface area contributed by atoms with E-state index in [1.807, 2.05) is 5.01 Å². The summed E-state index contributed by atoms with van der Waals surface area (Å²) < 4.78 is 5.19. The lowest BCUT2D eigenvalue weighted by molar-refractivity contribution is -0.385. The summed E-state index contributed by atoms with van der Waals surface area (Å²) in [5, 5.41) is 21.4. The predicted molar refractivity (Wildman–Crippen MR) is 61.6 cm³/mol. The van der Waals surface area contributed by atoms with Gasteiger partial charge in [-0.05, 0) is 6.07 Å². The summed E-state index contributed by atoms with van der Waals surface area (Å²) >= 11 is 0. The predicted octanol–water partition coefficient (Wildman–Crippen LogP) is 0.521. The molecule has 0 saturated carbocycles. The van der Waals surface area contributed by atoms with E-state index in [0.29, 0.717) is 32.1 Å². The number of nitrogens with zero attached hydrogens (tertiary/aromatic N) is 4. The van der Waals surface area contributed by atoms with Crippen LogP contribution in [0.1, 0.15) is 5.69 Å². The number of anilines is 1. The fraction of sp³-hybridized carbons (Fsp3) is 0.400. The number of morpholine rings is 1. The smallest absolute Gasteiger partial charge is 0.305 e. The Morgan fingerprint density at radius 3 is 2.83 bits per heavy atom. The lowest BCUT2D eigenvalue weighted by Gasteiger charge is -2.27. The molecule has 94 valence electrons. The minimum absolute atomic E-state index is 0.196. The van der Waals surface area contributed by atoms with E-state index in [9.17, 15) is 10.1 Å². The maximum atomic E-state index is 10.6. The van der Waals surface area contributed by atoms with Crippen LogP contribution in [0, 0.1) is 21.4 Å². The van der Waals surface area contributed by atoms with Gasteiger partial charge in [-0.2, -0.15) is 5.26 Å². The Morgan fingerprint density at radius 2 is 2.22 bits per heavy atom. The molecule has 0 unspecified atom stereocenters. The van der Waals surface area contributed by atoms with Crippen LogP contribution in [-0.2, 0) is 4.74 Å². The minimum Gasteiger partial charge on any atom is -0.379 e. The molecule has 1 aliphatic rings. The van der Waals surface area contributed by atoms with E-state index in [1.54, 1.807) is 6.07 Å². The van der Waals surface area contributed by atoms with Gasteiger partial charge in [-0.1, -0.05) is 0 Å². The average Bonchev–Trinajstić information content (AvgIpc) is 2.39. The maximum absolute atomic E-state index is 10.6. The van der Waals surface area contributed by atoms with Gasteiger partial charge in [0.15, 0.2) is 0 Å². The summed E-state index contributed by atoms with van der Waals surface area (Å²) in [5.41, 5.74) is 2.51. The van der Waals surface area contributed by atoms with Crippen molar-refractivity contribution < 1.29 is 9.66 Å². The van der Waals surface area contributed by atoms with Crippen LogP contribution in [-0.4, -0.2) is 41.2 Å². The van der Waals surface area contributed by atoms with Crippen LogP contribution in [0.2, 0.25) is 0 Å². The number of nitrogens with one attached hydrogen (secondary N) is 1. The van der Waals surface area contributed by atoms with Gasteiger partial charge in [0.1, 0.15) is 11.9 Å². The molecule has 1 aliphatic heterocycles. The van der Waals surface area contributed by atoms with E-state index in [2.05, 4.69) is 10.4 Å². The van der Waals surface area contributed by atoms with Gasteiger partial charge in [-0.25, -0.2) is 9.99 Å². The molecule has 1 fully saturated rings. The third kappa shape index (κ3) is 2.71. The van der Waals surface area contributed by atoms with Crippen molar-refractivity contribution in [1.29, 1.82) is 5.26 Å². The third-order valence-electron chi connectivity index (χ3n) is 2.46. The minimum atomic E-state index is -0.621. The summed E-state index contributed by atoms with van der Waals surface area (Å²) in [7, 11) is 0. The molecule has 1 saturated heterocycles. The molecule has 0 radical (unpaired) electrons. The number of hydrogen-bond donors (Lipinski definition) is 1. The van der Waals surface area contributed by atoms with Gasteiger partial charge in [0, 0.05) is 19.2 Å². The van der Waals surface area contributed by atoms with Crippen molar-refractivity contribution in [3.8, 4) is 6.07 Å². The quantitative estimate of drug-likeness (QED) is 0.615. The Labute approximate surface area is 103 Å². The number of ether oxygens (including phenoxy) is 1. The molecule has 0 amide bonds. The molecule has 1 N–H and O–H groups in total. The standard InChI is InChI=1S/C10H11N5O3/c11-7-8-9(15(16)17)1-2-10(12-8)13-14-3-5-18-6-4-14/h1-2H,3-6H2,(H,12,13). The molecule has 0 aromatic carbocycles. The summed E-state index contributed by atoms with van der Waals surface area (Å²) in [6, 6.07) is 4.47. The molecule has 18 heavy (non-hydrogen) atoms. The monoisotopic (exact) mass is 249 g/mol. The summed E-state index contributed by atoms with van der Waals surface area (Å²) in [5.74, 6) is 0.416. The van der Waals surface area contributed by atoms with Crippen molar-refractivity contribution in [2.45, 2.75) is 0 Å². The zero-order chi connectivity index (χ0) is 13.0. The highest BCUT2D eigenvalue weighted by molar-refractivity contribution is 5.50.